The first-order valence-corrected chi connectivity index (χ1v) is 7.41. The Hall–Kier alpha value is -3.29. The molecule has 2 aromatic heterocycles. The van der Waals surface area contributed by atoms with Crippen LogP contribution in [0.25, 0.3) is 0 Å². The molecular weight excluding hydrogens is 310 g/mol. The number of aromatic nitrogens is 4. The van der Waals surface area contributed by atoms with E-state index >= 15 is 0 Å². The third kappa shape index (κ3) is 2.03. The van der Waals surface area contributed by atoms with E-state index in [9.17, 15) is 9.59 Å². The zero-order valence-corrected chi connectivity index (χ0v) is 13.1. The summed E-state index contributed by atoms with van der Waals surface area (Å²) in [6.45, 7) is 1.90. The summed E-state index contributed by atoms with van der Waals surface area (Å²) in [5, 5.41) is 10.2. The lowest BCUT2D eigenvalue weighted by atomic mass is 9.83. The number of benzene rings is 1. The Kier molecular flexibility index (Phi) is 3.05. The summed E-state index contributed by atoms with van der Waals surface area (Å²) in [6, 6.07) is 7.48. The normalized spacial score (nSPS) is 15.3. The topological polar surface area (TPSA) is 116 Å². The van der Waals surface area contributed by atoms with Crippen molar-refractivity contribution >= 4 is 11.6 Å². The van der Waals surface area contributed by atoms with Gasteiger partial charge in [0.05, 0.1) is 12.7 Å². The highest BCUT2D eigenvalue weighted by Gasteiger charge is 2.33. The molecular formula is C16H15N5O3. The van der Waals surface area contributed by atoms with Crippen LogP contribution in [0.2, 0.25) is 0 Å². The van der Waals surface area contributed by atoms with E-state index in [2.05, 4.69) is 25.5 Å². The Morgan fingerprint density at radius 1 is 1.08 bits per heavy atom. The van der Waals surface area contributed by atoms with Gasteiger partial charge in [0.15, 0.2) is 5.82 Å². The molecule has 0 aliphatic carbocycles. The van der Waals surface area contributed by atoms with Gasteiger partial charge in [0.1, 0.15) is 11.6 Å². The number of methoxy groups -OCH3 is 1. The molecule has 0 radical (unpaired) electrons. The van der Waals surface area contributed by atoms with E-state index in [1.165, 1.54) is 0 Å². The lowest BCUT2D eigenvalue weighted by Crippen LogP contribution is -2.31. The number of nitrogens with zero attached hydrogens (tertiary/aromatic N) is 1. The highest BCUT2D eigenvalue weighted by molar-refractivity contribution is 5.71. The van der Waals surface area contributed by atoms with Crippen molar-refractivity contribution in [3.05, 3.63) is 67.5 Å². The predicted octanol–water partition coefficient (Wildman–Crippen LogP) is 1.34. The second-order valence-electron chi connectivity index (χ2n) is 5.64. The smallest absolute Gasteiger partial charge is 0.327 e. The molecule has 0 saturated carbocycles. The van der Waals surface area contributed by atoms with E-state index in [0.29, 0.717) is 17.2 Å². The molecule has 4 rings (SSSR count). The molecule has 122 valence electrons. The molecule has 4 N–H and O–H groups in total. The van der Waals surface area contributed by atoms with Crippen molar-refractivity contribution in [2.24, 2.45) is 0 Å². The number of aromatic amines is 3. The molecule has 8 heteroatoms. The standard InChI is InChI=1S/C16H15N5O3/c1-7-10-11(8-3-5-9(24-2)6-4-8)12-13(17-14(10)21-20-7)18-16(23)19-15(12)22/h3-6,11H,1-2H3,(H4,17,18,19,20,21,22,23)/t11-/m0/s1. The number of nitrogens with one attached hydrogen (secondary N) is 4. The summed E-state index contributed by atoms with van der Waals surface area (Å²) in [7, 11) is 1.60. The fourth-order valence-corrected chi connectivity index (χ4v) is 3.15. The van der Waals surface area contributed by atoms with E-state index in [1.807, 2.05) is 31.2 Å². The number of hydrogen-bond donors (Lipinski definition) is 4. The lowest BCUT2D eigenvalue weighted by Gasteiger charge is -2.25. The van der Waals surface area contributed by atoms with Crippen molar-refractivity contribution in [1.82, 2.24) is 20.2 Å². The third-order valence-electron chi connectivity index (χ3n) is 4.24. The number of aryl methyl sites for hydroxylation is 1. The molecule has 1 aliphatic rings. The van der Waals surface area contributed by atoms with Crippen molar-refractivity contribution in [2.45, 2.75) is 12.8 Å². The van der Waals surface area contributed by atoms with Gasteiger partial charge in [0.25, 0.3) is 5.56 Å². The summed E-state index contributed by atoms with van der Waals surface area (Å²) >= 11 is 0. The molecule has 3 heterocycles. The molecule has 0 amide bonds. The van der Waals surface area contributed by atoms with Gasteiger partial charge in [-0.1, -0.05) is 12.1 Å². The van der Waals surface area contributed by atoms with Crippen LogP contribution in [0.1, 0.15) is 28.3 Å². The molecule has 8 nitrogen and oxygen atoms in total. The van der Waals surface area contributed by atoms with Crippen LogP contribution in [-0.4, -0.2) is 27.3 Å². The largest absolute Gasteiger partial charge is 0.497 e. The number of anilines is 2. The first-order chi connectivity index (χ1) is 11.6. The van der Waals surface area contributed by atoms with Crippen LogP contribution in [0.4, 0.5) is 11.6 Å². The molecule has 1 aromatic carbocycles. The van der Waals surface area contributed by atoms with Gasteiger partial charge in [-0.25, -0.2) is 4.79 Å². The van der Waals surface area contributed by atoms with Gasteiger partial charge in [-0.3, -0.25) is 19.9 Å². The summed E-state index contributed by atoms with van der Waals surface area (Å²) in [5.41, 5.74) is 2.11. The van der Waals surface area contributed by atoms with E-state index in [4.69, 9.17) is 4.74 Å². The zero-order chi connectivity index (χ0) is 16.8. The first kappa shape index (κ1) is 14.3. The van der Waals surface area contributed by atoms with Crippen molar-refractivity contribution in [3.8, 4) is 5.75 Å². The van der Waals surface area contributed by atoms with E-state index in [0.717, 1.165) is 22.6 Å². The van der Waals surface area contributed by atoms with Gasteiger partial charge in [0.2, 0.25) is 0 Å². The van der Waals surface area contributed by atoms with Gasteiger partial charge in [-0.2, -0.15) is 5.10 Å². The SMILES string of the molecule is COc1ccc([C@H]2c3c(n[nH]c3C)Nc3[nH]c(=O)[nH]c(=O)c32)cc1. The van der Waals surface area contributed by atoms with Gasteiger partial charge in [-0.05, 0) is 24.6 Å². The van der Waals surface area contributed by atoms with Gasteiger partial charge in [0, 0.05) is 17.2 Å². The monoisotopic (exact) mass is 325 g/mol. The predicted molar refractivity (Wildman–Crippen MR) is 88.2 cm³/mol. The Balaban J connectivity index is 1.99. The summed E-state index contributed by atoms with van der Waals surface area (Å²) < 4.78 is 5.20. The second-order valence-corrected chi connectivity index (χ2v) is 5.64. The fraction of sp³-hybridized carbons (Fsp3) is 0.188. The quantitative estimate of drug-likeness (QED) is 0.444. The van der Waals surface area contributed by atoms with Gasteiger partial charge in [-0.15, -0.1) is 0 Å². The maximum Gasteiger partial charge on any atom is 0.327 e. The Morgan fingerprint density at radius 3 is 2.54 bits per heavy atom. The van der Waals surface area contributed by atoms with E-state index in [1.54, 1.807) is 7.11 Å². The maximum absolute atomic E-state index is 12.5. The number of H-pyrrole nitrogens is 3. The Bertz CT molecular complexity index is 1030. The summed E-state index contributed by atoms with van der Waals surface area (Å²) in [4.78, 5) is 29.0. The molecule has 0 unspecified atom stereocenters. The molecule has 0 spiro atoms. The fourth-order valence-electron chi connectivity index (χ4n) is 3.15. The average Bonchev–Trinajstić information content (AvgIpc) is 2.94. The Morgan fingerprint density at radius 2 is 1.83 bits per heavy atom. The summed E-state index contributed by atoms with van der Waals surface area (Å²) in [5.74, 6) is 1.35. The van der Waals surface area contributed by atoms with Crippen molar-refractivity contribution in [3.63, 3.8) is 0 Å². The molecule has 0 saturated heterocycles. The molecule has 0 fully saturated rings. The summed E-state index contributed by atoms with van der Waals surface area (Å²) in [6.07, 6.45) is 0. The highest BCUT2D eigenvalue weighted by atomic mass is 16.5. The molecule has 24 heavy (non-hydrogen) atoms. The van der Waals surface area contributed by atoms with Crippen LogP contribution < -0.4 is 21.3 Å². The minimum atomic E-state index is -0.560. The number of fused-ring (bicyclic) bond motifs is 2. The average molecular weight is 325 g/mol. The number of hydrogen-bond acceptors (Lipinski definition) is 5. The Labute approximate surface area is 135 Å². The number of rotatable bonds is 2. The van der Waals surface area contributed by atoms with E-state index < -0.39 is 11.2 Å². The number of ether oxygens (including phenoxy) is 1. The molecule has 1 atom stereocenters. The van der Waals surface area contributed by atoms with Crippen molar-refractivity contribution < 1.29 is 4.74 Å². The van der Waals surface area contributed by atoms with Gasteiger partial charge >= 0.3 is 5.69 Å². The van der Waals surface area contributed by atoms with Crippen LogP contribution in [0.3, 0.4) is 0 Å². The van der Waals surface area contributed by atoms with Crippen LogP contribution in [0.5, 0.6) is 5.75 Å². The maximum atomic E-state index is 12.5. The minimum absolute atomic E-state index is 0.346. The third-order valence-corrected chi connectivity index (χ3v) is 4.24. The molecule has 1 aliphatic heterocycles. The zero-order valence-electron chi connectivity index (χ0n) is 13.1. The van der Waals surface area contributed by atoms with Crippen LogP contribution in [0, 0.1) is 6.92 Å². The van der Waals surface area contributed by atoms with Crippen molar-refractivity contribution in [2.75, 3.05) is 12.4 Å². The van der Waals surface area contributed by atoms with Crippen LogP contribution in [-0.2, 0) is 0 Å². The first-order valence-electron chi connectivity index (χ1n) is 7.41. The van der Waals surface area contributed by atoms with Crippen LogP contribution >= 0.6 is 0 Å². The molecule has 3 aromatic rings. The van der Waals surface area contributed by atoms with E-state index in [-0.39, 0.29) is 5.92 Å². The van der Waals surface area contributed by atoms with Crippen LogP contribution in [0.15, 0.2) is 33.9 Å². The van der Waals surface area contributed by atoms with Crippen molar-refractivity contribution in [1.29, 1.82) is 0 Å². The van der Waals surface area contributed by atoms with Gasteiger partial charge < -0.3 is 10.1 Å². The molecule has 0 bridgehead atoms. The minimum Gasteiger partial charge on any atom is -0.497 e. The lowest BCUT2D eigenvalue weighted by molar-refractivity contribution is 0.414. The highest BCUT2D eigenvalue weighted by Crippen LogP contribution is 2.42. The second kappa shape index (κ2) is 5.12.